The van der Waals surface area contributed by atoms with Crippen molar-refractivity contribution in [2.75, 3.05) is 17.4 Å². The summed E-state index contributed by atoms with van der Waals surface area (Å²) in [7, 11) is -4.29. The molecule has 1 N–H and O–H groups in total. The van der Waals surface area contributed by atoms with Crippen LogP contribution in [0.2, 0.25) is 10.0 Å². The fourth-order valence-electron chi connectivity index (χ4n) is 4.67. The van der Waals surface area contributed by atoms with Gasteiger partial charge in [-0.05, 0) is 59.5 Å². The number of benzene rings is 4. The van der Waals surface area contributed by atoms with Gasteiger partial charge in [0.2, 0.25) is 11.8 Å². The van der Waals surface area contributed by atoms with Crippen LogP contribution >= 0.6 is 39.1 Å². The lowest BCUT2D eigenvalue weighted by Crippen LogP contribution is -2.53. The minimum atomic E-state index is -4.29. The predicted molar refractivity (Wildman–Crippen MR) is 184 cm³/mol. The van der Waals surface area contributed by atoms with E-state index in [2.05, 4.69) is 21.2 Å². The van der Waals surface area contributed by atoms with E-state index in [1.165, 1.54) is 35.2 Å². The molecule has 4 aromatic rings. The van der Waals surface area contributed by atoms with E-state index in [1.807, 2.05) is 68.4 Å². The summed E-state index contributed by atoms with van der Waals surface area (Å²) in [5, 5.41) is 3.33. The zero-order valence-corrected chi connectivity index (χ0v) is 28.8. The van der Waals surface area contributed by atoms with Crippen LogP contribution < -0.4 is 9.62 Å². The quantitative estimate of drug-likeness (QED) is 0.156. The van der Waals surface area contributed by atoms with Crippen LogP contribution in [0.4, 0.5) is 5.69 Å². The minimum absolute atomic E-state index is 0.0242. The number of carbonyl (C=O) groups is 2. The zero-order valence-electron chi connectivity index (χ0n) is 24.9. The Morgan fingerprint density at radius 1 is 0.844 bits per heavy atom. The molecule has 0 spiro atoms. The van der Waals surface area contributed by atoms with Crippen molar-refractivity contribution in [1.29, 1.82) is 0 Å². The van der Waals surface area contributed by atoms with E-state index < -0.39 is 28.5 Å². The molecule has 1 unspecified atom stereocenters. The Balaban J connectivity index is 1.82. The van der Waals surface area contributed by atoms with Crippen LogP contribution in [0, 0.1) is 5.92 Å². The molecule has 2 amide bonds. The highest BCUT2D eigenvalue weighted by molar-refractivity contribution is 9.10. The van der Waals surface area contributed by atoms with Crippen molar-refractivity contribution in [1.82, 2.24) is 10.2 Å². The number of hydrogen-bond acceptors (Lipinski definition) is 4. The van der Waals surface area contributed by atoms with Gasteiger partial charge in [0, 0.05) is 29.0 Å². The lowest BCUT2D eigenvalue weighted by atomic mass is 10.0. The van der Waals surface area contributed by atoms with Gasteiger partial charge in [-0.3, -0.25) is 13.9 Å². The lowest BCUT2D eigenvalue weighted by Gasteiger charge is -2.34. The summed E-state index contributed by atoms with van der Waals surface area (Å²) in [6.07, 6.45) is 0.219. The molecule has 0 saturated carbocycles. The molecule has 0 aliphatic heterocycles. The first-order valence-electron chi connectivity index (χ1n) is 14.3. The molecule has 0 heterocycles. The Labute approximate surface area is 283 Å². The number of nitrogens with one attached hydrogen (secondary N) is 1. The molecule has 11 heteroatoms. The summed E-state index contributed by atoms with van der Waals surface area (Å²) in [5.41, 5.74) is 1.66. The average Bonchev–Trinajstić information content (AvgIpc) is 3.03. The highest BCUT2D eigenvalue weighted by Gasteiger charge is 2.35. The molecule has 0 aliphatic rings. The molecule has 4 aromatic carbocycles. The number of hydrogen-bond donors (Lipinski definition) is 1. The van der Waals surface area contributed by atoms with Crippen molar-refractivity contribution < 1.29 is 18.0 Å². The average molecular weight is 732 g/mol. The highest BCUT2D eigenvalue weighted by Crippen LogP contribution is 2.33. The van der Waals surface area contributed by atoms with E-state index in [1.54, 1.807) is 18.2 Å². The highest BCUT2D eigenvalue weighted by atomic mass is 79.9. The number of rotatable bonds is 13. The molecule has 0 fully saturated rings. The molecule has 0 radical (unpaired) electrons. The fraction of sp³-hybridized carbons (Fsp3) is 0.235. The first-order chi connectivity index (χ1) is 21.5. The van der Waals surface area contributed by atoms with Crippen molar-refractivity contribution in [3.8, 4) is 0 Å². The van der Waals surface area contributed by atoms with E-state index in [0.29, 0.717) is 6.54 Å². The van der Waals surface area contributed by atoms with Crippen LogP contribution in [0.5, 0.6) is 0 Å². The molecule has 45 heavy (non-hydrogen) atoms. The SMILES string of the molecule is CC(C)CNC(=O)C(Cc1ccccc1)N(Cc1ccc(Br)cc1)C(=O)CN(c1cc(Cl)ccc1Cl)S(=O)(=O)c1ccccc1. The molecule has 0 aromatic heterocycles. The summed E-state index contributed by atoms with van der Waals surface area (Å²) in [6.45, 7) is 3.81. The Morgan fingerprint density at radius 3 is 2.09 bits per heavy atom. The van der Waals surface area contributed by atoms with E-state index >= 15 is 0 Å². The molecule has 4 rings (SSSR count). The zero-order chi connectivity index (χ0) is 32.6. The van der Waals surface area contributed by atoms with Gasteiger partial charge in [-0.1, -0.05) is 114 Å². The summed E-state index contributed by atoms with van der Waals surface area (Å²) < 4.78 is 30.0. The van der Waals surface area contributed by atoms with Gasteiger partial charge in [0.1, 0.15) is 12.6 Å². The minimum Gasteiger partial charge on any atom is -0.354 e. The lowest BCUT2D eigenvalue weighted by molar-refractivity contribution is -0.140. The molecule has 236 valence electrons. The molecule has 0 saturated heterocycles. The molecular formula is C34H34BrCl2N3O4S. The second-order valence-electron chi connectivity index (χ2n) is 10.9. The maximum Gasteiger partial charge on any atom is 0.264 e. The third-order valence-corrected chi connectivity index (χ3v) is 9.87. The Morgan fingerprint density at radius 2 is 1.47 bits per heavy atom. The topological polar surface area (TPSA) is 86.8 Å². The first kappa shape index (κ1) is 34.5. The number of halogens is 3. The van der Waals surface area contributed by atoms with Crippen LogP contribution in [-0.2, 0) is 32.6 Å². The summed E-state index contributed by atoms with van der Waals surface area (Å²) in [4.78, 5) is 29.8. The van der Waals surface area contributed by atoms with Gasteiger partial charge in [-0.25, -0.2) is 8.42 Å². The molecule has 0 aliphatic carbocycles. The van der Waals surface area contributed by atoms with Gasteiger partial charge in [-0.15, -0.1) is 0 Å². The molecule has 0 bridgehead atoms. The Bertz CT molecular complexity index is 1710. The molecule has 1 atom stereocenters. The maximum absolute atomic E-state index is 14.5. The Kier molecular flexibility index (Phi) is 12.1. The normalized spacial score (nSPS) is 12.0. The number of nitrogens with zero attached hydrogens (tertiary/aromatic N) is 2. The predicted octanol–water partition coefficient (Wildman–Crippen LogP) is 7.36. The standard InChI is InChI=1S/C34H34BrCl2N3O4S/c1-24(2)21-38-34(42)32(19-25-9-5-3-6-10-25)39(22-26-13-15-27(35)16-14-26)33(41)23-40(31-20-28(36)17-18-30(31)37)45(43,44)29-11-7-4-8-12-29/h3-18,20,24,32H,19,21-23H2,1-2H3,(H,38,42). The fourth-order valence-corrected chi connectivity index (χ4v) is 6.82. The van der Waals surface area contributed by atoms with Gasteiger partial charge >= 0.3 is 0 Å². The number of sulfonamides is 1. The monoisotopic (exact) mass is 729 g/mol. The van der Waals surface area contributed by atoms with Gasteiger partial charge in [0.05, 0.1) is 15.6 Å². The Hall–Kier alpha value is -3.37. The van der Waals surface area contributed by atoms with Crippen molar-refractivity contribution in [2.24, 2.45) is 5.92 Å². The summed E-state index contributed by atoms with van der Waals surface area (Å²) >= 11 is 16.3. The van der Waals surface area contributed by atoms with Gasteiger partial charge in [-0.2, -0.15) is 0 Å². The second-order valence-corrected chi connectivity index (χ2v) is 14.5. The second kappa shape index (κ2) is 15.8. The van der Waals surface area contributed by atoms with Gasteiger partial charge in [0.15, 0.2) is 0 Å². The maximum atomic E-state index is 14.5. The van der Waals surface area contributed by atoms with Gasteiger partial charge in [0.25, 0.3) is 10.0 Å². The number of anilines is 1. The van der Waals surface area contributed by atoms with Crippen LogP contribution in [0.25, 0.3) is 0 Å². The summed E-state index contributed by atoms with van der Waals surface area (Å²) in [6, 6.07) is 28.1. The van der Waals surface area contributed by atoms with E-state index in [4.69, 9.17) is 23.2 Å². The molecule has 7 nitrogen and oxygen atoms in total. The van der Waals surface area contributed by atoms with Crippen LogP contribution in [-0.4, -0.2) is 44.3 Å². The van der Waals surface area contributed by atoms with E-state index in [-0.39, 0.29) is 45.4 Å². The third kappa shape index (κ3) is 9.33. The van der Waals surface area contributed by atoms with Gasteiger partial charge < -0.3 is 10.2 Å². The van der Waals surface area contributed by atoms with Crippen LogP contribution in [0.3, 0.4) is 0 Å². The van der Waals surface area contributed by atoms with Crippen LogP contribution in [0.1, 0.15) is 25.0 Å². The van der Waals surface area contributed by atoms with Crippen molar-refractivity contribution in [3.05, 3.63) is 129 Å². The first-order valence-corrected chi connectivity index (χ1v) is 17.3. The number of carbonyl (C=O) groups excluding carboxylic acids is 2. The number of amides is 2. The summed E-state index contributed by atoms with van der Waals surface area (Å²) in [5.74, 6) is -0.746. The van der Waals surface area contributed by atoms with E-state index in [0.717, 1.165) is 19.9 Å². The van der Waals surface area contributed by atoms with E-state index in [9.17, 15) is 18.0 Å². The smallest absolute Gasteiger partial charge is 0.264 e. The largest absolute Gasteiger partial charge is 0.354 e. The van der Waals surface area contributed by atoms with Crippen LogP contribution in [0.15, 0.2) is 112 Å². The van der Waals surface area contributed by atoms with Crippen molar-refractivity contribution in [3.63, 3.8) is 0 Å². The third-order valence-electron chi connectivity index (χ3n) is 7.01. The molecular weight excluding hydrogens is 697 g/mol. The van der Waals surface area contributed by atoms with Crippen molar-refractivity contribution >= 4 is 66.7 Å². The van der Waals surface area contributed by atoms with Crippen molar-refractivity contribution in [2.45, 2.75) is 37.8 Å².